The molecule has 0 unspecified atom stereocenters. The molecule has 1 N–H and O–H groups in total. The lowest BCUT2D eigenvalue weighted by molar-refractivity contribution is -0.141. The van der Waals surface area contributed by atoms with Gasteiger partial charge in [0.2, 0.25) is 0 Å². The van der Waals surface area contributed by atoms with E-state index in [2.05, 4.69) is 23.2 Å². The highest BCUT2D eigenvalue weighted by Crippen LogP contribution is 2.04. The lowest BCUT2D eigenvalue weighted by Crippen LogP contribution is -2.30. The summed E-state index contributed by atoms with van der Waals surface area (Å²) < 4.78 is 4.74. The Morgan fingerprint density at radius 1 is 1.32 bits per heavy atom. The van der Waals surface area contributed by atoms with Crippen molar-refractivity contribution in [3.05, 3.63) is 35.4 Å². The van der Waals surface area contributed by atoms with Gasteiger partial charge in [0, 0.05) is 24.0 Å². The van der Waals surface area contributed by atoms with Crippen molar-refractivity contribution in [2.45, 2.75) is 26.2 Å². The van der Waals surface area contributed by atoms with Gasteiger partial charge >= 0.3 is 5.97 Å². The van der Waals surface area contributed by atoms with Crippen LogP contribution in [-0.2, 0) is 9.53 Å². The molecular weight excluding hydrogens is 280 g/mol. The minimum atomic E-state index is -0.468. The Kier molecular flexibility index (Phi) is 7.86. The fourth-order valence-corrected chi connectivity index (χ4v) is 1.63. The van der Waals surface area contributed by atoms with E-state index in [1.807, 2.05) is 0 Å². The standard InChI is InChI=1S/C17H18N2O3/c1-2-22-16(20)13-19-17(21)15-10-7-9-14(12-15)8-5-3-4-6-11-18/h7,9-10,12H,2-4,6,13H2,1H3,(H,19,21). The highest BCUT2D eigenvalue weighted by Gasteiger charge is 2.08. The Morgan fingerprint density at radius 2 is 2.14 bits per heavy atom. The summed E-state index contributed by atoms with van der Waals surface area (Å²) in [6, 6.07) is 8.92. The molecule has 0 atom stereocenters. The van der Waals surface area contributed by atoms with Crippen molar-refractivity contribution in [1.29, 1.82) is 5.26 Å². The molecule has 1 aromatic carbocycles. The molecule has 0 saturated carbocycles. The van der Waals surface area contributed by atoms with Crippen molar-refractivity contribution >= 4 is 11.9 Å². The molecule has 0 bridgehead atoms. The number of unbranched alkanes of at least 4 members (excludes halogenated alkanes) is 2. The molecule has 0 aliphatic carbocycles. The van der Waals surface area contributed by atoms with E-state index in [-0.39, 0.29) is 19.1 Å². The molecule has 0 aromatic heterocycles. The van der Waals surface area contributed by atoms with Gasteiger partial charge in [0.25, 0.3) is 5.91 Å². The number of carbonyl (C=O) groups excluding carboxylic acids is 2. The lowest BCUT2D eigenvalue weighted by Gasteiger charge is -2.05. The average Bonchev–Trinajstić information content (AvgIpc) is 2.53. The number of nitrogens with one attached hydrogen (secondary N) is 1. The normalized spacial score (nSPS) is 9.09. The second kappa shape index (κ2) is 10.0. The summed E-state index contributed by atoms with van der Waals surface area (Å²) in [5, 5.41) is 10.9. The van der Waals surface area contributed by atoms with Gasteiger partial charge in [0.1, 0.15) is 6.54 Å². The number of benzene rings is 1. The number of carbonyl (C=O) groups is 2. The molecule has 5 nitrogen and oxygen atoms in total. The minimum Gasteiger partial charge on any atom is -0.465 e. The molecule has 1 rings (SSSR count). The molecule has 0 heterocycles. The Balaban J connectivity index is 2.57. The first-order valence-electron chi connectivity index (χ1n) is 7.07. The largest absolute Gasteiger partial charge is 0.465 e. The number of hydrogen-bond donors (Lipinski definition) is 1. The van der Waals surface area contributed by atoms with Crippen LogP contribution in [0.1, 0.15) is 42.1 Å². The molecule has 22 heavy (non-hydrogen) atoms. The van der Waals surface area contributed by atoms with E-state index in [0.717, 1.165) is 12.0 Å². The van der Waals surface area contributed by atoms with Crippen molar-refractivity contribution in [2.24, 2.45) is 0 Å². The second-order valence-electron chi connectivity index (χ2n) is 4.38. The van der Waals surface area contributed by atoms with E-state index in [9.17, 15) is 9.59 Å². The van der Waals surface area contributed by atoms with Crippen LogP contribution in [0.15, 0.2) is 24.3 Å². The third-order valence-electron chi connectivity index (χ3n) is 2.65. The fourth-order valence-electron chi connectivity index (χ4n) is 1.63. The average molecular weight is 298 g/mol. The van der Waals surface area contributed by atoms with Gasteiger partial charge < -0.3 is 10.1 Å². The number of nitrogens with zero attached hydrogens (tertiary/aromatic N) is 1. The van der Waals surface area contributed by atoms with Gasteiger partial charge in [0.05, 0.1) is 12.7 Å². The van der Waals surface area contributed by atoms with E-state index in [0.29, 0.717) is 18.4 Å². The molecule has 0 aliphatic heterocycles. The molecular formula is C17H18N2O3. The first kappa shape index (κ1) is 17.3. The van der Waals surface area contributed by atoms with Crippen LogP contribution in [0.4, 0.5) is 0 Å². The molecule has 0 spiro atoms. The summed E-state index contributed by atoms with van der Waals surface area (Å²) in [6.07, 6.45) is 1.88. The highest BCUT2D eigenvalue weighted by molar-refractivity contribution is 5.96. The van der Waals surface area contributed by atoms with Crippen molar-refractivity contribution in [3.8, 4) is 17.9 Å². The van der Waals surface area contributed by atoms with E-state index in [1.54, 1.807) is 31.2 Å². The van der Waals surface area contributed by atoms with Crippen LogP contribution < -0.4 is 5.32 Å². The summed E-state index contributed by atoms with van der Waals surface area (Å²) in [6.45, 7) is 1.83. The zero-order valence-corrected chi connectivity index (χ0v) is 12.5. The second-order valence-corrected chi connectivity index (χ2v) is 4.38. The van der Waals surface area contributed by atoms with Crippen LogP contribution in [0.3, 0.4) is 0 Å². The highest BCUT2D eigenvalue weighted by atomic mass is 16.5. The quantitative estimate of drug-likeness (QED) is 0.495. The van der Waals surface area contributed by atoms with Gasteiger partial charge in [-0.1, -0.05) is 17.9 Å². The van der Waals surface area contributed by atoms with Gasteiger partial charge in [-0.2, -0.15) is 5.26 Å². The van der Waals surface area contributed by atoms with Gasteiger partial charge in [-0.15, -0.1) is 0 Å². The van der Waals surface area contributed by atoms with Crippen LogP contribution in [0.25, 0.3) is 0 Å². The number of nitriles is 1. The first-order valence-corrected chi connectivity index (χ1v) is 7.07. The number of amides is 1. The molecule has 0 radical (unpaired) electrons. The van der Waals surface area contributed by atoms with Crippen molar-refractivity contribution in [1.82, 2.24) is 5.32 Å². The number of ether oxygens (including phenoxy) is 1. The molecule has 114 valence electrons. The number of rotatable bonds is 6. The zero-order chi connectivity index (χ0) is 16.2. The summed E-state index contributed by atoms with van der Waals surface area (Å²) in [4.78, 5) is 23.1. The Bertz CT molecular complexity index is 621. The zero-order valence-electron chi connectivity index (χ0n) is 12.5. The monoisotopic (exact) mass is 298 g/mol. The Labute approximate surface area is 130 Å². The van der Waals surface area contributed by atoms with E-state index in [4.69, 9.17) is 10.00 Å². The lowest BCUT2D eigenvalue weighted by atomic mass is 10.1. The summed E-state index contributed by atoms with van der Waals surface area (Å²) in [5.41, 5.74) is 1.16. The van der Waals surface area contributed by atoms with Gasteiger partial charge in [-0.05, 0) is 31.5 Å². The van der Waals surface area contributed by atoms with Gasteiger partial charge in [0.15, 0.2) is 0 Å². The fraction of sp³-hybridized carbons (Fsp3) is 0.353. The minimum absolute atomic E-state index is 0.156. The predicted molar refractivity (Wildman–Crippen MR) is 81.8 cm³/mol. The third kappa shape index (κ3) is 6.58. The van der Waals surface area contributed by atoms with E-state index in [1.165, 1.54) is 0 Å². The van der Waals surface area contributed by atoms with Crippen LogP contribution in [-0.4, -0.2) is 25.0 Å². The summed E-state index contributed by atoms with van der Waals surface area (Å²) >= 11 is 0. The molecule has 5 heteroatoms. The Hall–Kier alpha value is -2.79. The molecule has 0 fully saturated rings. The van der Waals surface area contributed by atoms with Crippen molar-refractivity contribution in [3.63, 3.8) is 0 Å². The predicted octanol–water partition coefficient (Wildman–Crippen LogP) is 2.02. The summed E-state index contributed by atoms with van der Waals surface area (Å²) in [5.74, 6) is 5.10. The third-order valence-corrected chi connectivity index (χ3v) is 2.65. The van der Waals surface area contributed by atoms with Crippen LogP contribution in [0, 0.1) is 23.2 Å². The number of esters is 1. The van der Waals surface area contributed by atoms with Crippen LogP contribution in [0.2, 0.25) is 0 Å². The SMILES string of the molecule is CCOC(=O)CNC(=O)c1cccc(C#CCCCC#N)c1. The maximum absolute atomic E-state index is 11.9. The molecule has 0 saturated heterocycles. The van der Waals surface area contributed by atoms with E-state index < -0.39 is 5.97 Å². The van der Waals surface area contributed by atoms with Crippen molar-refractivity contribution in [2.75, 3.05) is 13.2 Å². The van der Waals surface area contributed by atoms with Crippen LogP contribution >= 0.6 is 0 Å². The molecule has 1 amide bonds. The molecule has 1 aromatic rings. The van der Waals surface area contributed by atoms with Crippen molar-refractivity contribution < 1.29 is 14.3 Å². The Morgan fingerprint density at radius 3 is 2.86 bits per heavy atom. The first-order chi connectivity index (χ1) is 10.7. The molecule has 0 aliphatic rings. The van der Waals surface area contributed by atoms with E-state index >= 15 is 0 Å². The smallest absolute Gasteiger partial charge is 0.325 e. The van der Waals surface area contributed by atoms with Gasteiger partial charge in [-0.25, -0.2) is 0 Å². The maximum Gasteiger partial charge on any atom is 0.325 e. The summed E-state index contributed by atoms with van der Waals surface area (Å²) in [7, 11) is 0. The van der Waals surface area contributed by atoms with Gasteiger partial charge in [-0.3, -0.25) is 9.59 Å². The number of hydrogen-bond acceptors (Lipinski definition) is 4. The topological polar surface area (TPSA) is 79.2 Å². The maximum atomic E-state index is 11.9. The van der Waals surface area contributed by atoms with Crippen LogP contribution in [0.5, 0.6) is 0 Å².